The molecule has 0 amide bonds. The van der Waals surface area contributed by atoms with Crippen LogP contribution in [-0.4, -0.2) is 23.4 Å². The van der Waals surface area contributed by atoms with Crippen molar-refractivity contribution in [2.75, 3.05) is 13.2 Å². The monoisotopic (exact) mass is 533 g/mol. The number of hydrogen-bond acceptors (Lipinski definition) is 2. The minimum Gasteiger partial charge on any atom is -0.396 e. The molecule has 1 fully saturated rings. The molecule has 0 aromatic carbocycles. The third-order valence-corrected chi connectivity index (χ3v) is 9.62. The van der Waals surface area contributed by atoms with Gasteiger partial charge in [0.05, 0.1) is 0 Å². The van der Waals surface area contributed by atoms with Crippen LogP contribution in [0.5, 0.6) is 0 Å². The summed E-state index contributed by atoms with van der Waals surface area (Å²) < 4.78 is 0. The molecule has 2 N–H and O–H groups in total. The fourth-order valence-electron chi connectivity index (χ4n) is 7.38. The second kappa shape index (κ2) is 27.1. The second-order valence-electron chi connectivity index (χ2n) is 12.7. The van der Waals surface area contributed by atoms with Crippen LogP contribution in [0.15, 0.2) is 0 Å². The van der Waals surface area contributed by atoms with Crippen molar-refractivity contribution >= 4 is 0 Å². The van der Waals surface area contributed by atoms with Gasteiger partial charge in [-0.25, -0.2) is 0 Å². The molecule has 4 atom stereocenters. The Hall–Kier alpha value is -0.0800. The molecule has 224 valence electrons. The zero-order valence-electron chi connectivity index (χ0n) is 25.6. The number of rotatable bonds is 28. The summed E-state index contributed by atoms with van der Waals surface area (Å²) in [5.74, 6) is 3.77. The maximum absolute atomic E-state index is 9.01. The average Bonchev–Trinajstić information content (AvgIpc) is 2.93. The van der Waals surface area contributed by atoms with Gasteiger partial charge in [0.15, 0.2) is 0 Å². The van der Waals surface area contributed by atoms with Crippen molar-refractivity contribution in [3.8, 4) is 0 Å². The van der Waals surface area contributed by atoms with Gasteiger partial charge in [0.1, 0.15) is 0 Å². The summed E-state index contributed by atoms with van der Waals surface area (Å²) in [6.45, 7) is 12.3. The summed E-state index contributed by atoms with van der Waals surface area (Å²) >= 11 is 0. The summed E-state index contributed by atoms with van der Waals surface area (Å²) in [6.07, 6.45) is 36.2. The Bertz CT molecular complexity index is 464. The Kier molecular flexibility index (Phi) is 25.6. The minimum atomic E-state index is 0.354. The minimum absolute atomic E-state index is 0.354. The van der Waals surface area contributed by atoms with Crippen LogP contribution in [0.25, 0.3) is 0 Å². The molecule has 0 saturated heterocycles. The maximum atomic E-state index is 9.01. The molecule has 1 aliphatic carbocycles. The lowest BCUT2D eigenvalue weighted by molar-refractivity contribution is 0.0582. The molecular formula is C36H68O2. The number of unbranched alkanes of at least 4 members (excludes halogenated alkanes) is 18. The molecule has 1 aliphatic rings. The molecule has 2 heteroatoms. The van der Waals surface area contributed by atoms with Crippen molar-refractivity contribution < 1.29 is 10.2 Å². The third kappa shape index (κ3) is 18.3. The van der Waals surface area contributed by atoms with E-state index < -0.39 is 0 Å². The van der Waals surface area contributed by atoms with Gasteiger partial charge in [0.2, 0.25) is 0 Å². The molecule has 0 aromatic heterocycles. The standard InChI is InChI=1S/C36H68O2/c1-3-5-7-14-21-27-35-33(25-19-6-4-2)29-30-34(26-20-15-10-8-12-17-23-31-37)36(35)28-22-16-11-9-13-18-24-32-38/h1-2,33-38H,3-32H2. The van der Waals surface area contributed by atoms with E-state index in [0.717, 1.165) is 49.4 Å². The first-order chi connectivity index (χ1) is 18.8. The van der Waals surface area contributed by atoms with Gasteiger partial charge in [-0.1, -0.05) is 128 Å². The molecule has 4 unspecified atom stereocenters. The molecule has 1 rings (SSSR count). The first-order valence-corrected chi connectivity index (χ1v) is 17.4. The van der Waals surface area contributed by atoms with Crippen molar-refractivity contribution in [3.63, 3.8) is 0 Å². The predicted molar refractivity (Wildman–Crippen MR) is 166 cm³/mol. The molecule has 0 bridgehead atoms. The van der Waals surface area contributed by atoms with E-state index in [1.165, 1.54) is 154 Å². The average molecular weight is 533 g/mol. The lowest BCUT2D eigenvalue weighted by Gasteiger charge is -2.44. The molecule has 0 heterocycles. The van der Waals surface area contributed by atoms with Crippen molar-refractivity contribution in [1.29, 1.82) is 0 Å². The van der Waals surface area contributed by atoms with Crippen LogP contribution in [-0.2, 0) is 0 Å². The van der Waals surface area contributed by atoms with E-state index in [1.54, 1.807) is 0 Å². The van der Waals surface area contributed by atoms with E-state index in [1.807, 2.05) is 0 Å². The van der Waals surface area contributed by atoms with Crippen molar-refractivity contribution in [3.05, 3.63) is 13.8 Å². The van der Waals surface area contributed by atoms with Gasteiger partial charge in [-0.05, 0) is 88.9 Å². The van der Waals surface area contributed by atoms with Gasteiger partial charge < -0.3 is 10.2 Å². The lowest BCUT2D eigenvalue weighted by Crippen LogP contribution is -2.35. The number of aliphatic hydroxyl groups excluding tert-OH is 2. The van der Waals surface area contributed by atoms with Crippen LogP contribution < -0.4 is 0 Å². The topological polar surface area (TPSA) is 40.5 Å². The van der Waals surface area contributed by atoms with Crippen LogP contribution in [0.1, 0.15) is 180 Å². The highest BCUT2D eigenvalue weighted by molar-refractivity contribution is 4.88. The van der Waals surface area contributed by atoms with Gasteiger partial charge in [0.25, 0.3) is 0 Å². The third-order valence-electron chi connectivity index (χ3n) is 9.62. The SMILES string of the molecule is [CH]CCCCCCC1C(CCCC[CH])CCC(CCCCCCCCCO)C1CCCCCCCCCO. The van der Waals surface area contributed by atoms with E-state index >= 15 is 0 Å². The summed E-state index contributed by atoms with van der Waals surface area (Å²) in [4.78, 5) is 0. The molecule has 0 aromatic rings. The van der Waals surface area contributed by atoms with Gasteiger partial charge in [-0.15, -0.1) is 0 Å². The van der Waals surface area contributed by atoms with Crippen molar-refractivity contribution in [2.24, 2.45) is 23.7 Å². The van der Waals surface area contributed by atoms with Crippen LogP contribution in [0.2, 0.25) is 0 Å². The Morgan fingerprint density at radius 2 is 0.658 bits per heavy atom. The normalized spacial score (nSPS) is 21.8. The first kappa shape index (κ1) is 35.9. The van der Waals surface area contributed by atoms with E-state index in [4.69, 9.17) is 24.1 Å². The number of hydrogen-bond donors (Lipinski definition) is 2. The number of aliphatic hydroxyl groups is 2. The summed E-state index contributed by atoms with van der Waals surface area (Å²) in [7, 11) is 0. The fraction of sp³-hybridized carbons (Fsp3) is 0.944. The highest BCUT2D eigenvalue weighted by atomic mass is 16.3. The van der Waals surface area contributed by atoms with E-state index in [0.29, 0.717) is 13.2 Å². The van der Waals surface area contributed by atoms with E-state index in [9.17, 15) is 0 Å². The Morgan fingerprint density at radius 3 is 1.05 bits per heavy atom. The largest absolute Gasteiger partial charge is 0.396 e. The quantitative estimate of drug-likeness (QED) is 0.0983. The molecule has 2 nitrogen and oxygen atoms in total. The highest BCUT2D eigenvalue weighted by Gasteiger charge is 2.37. The second-order valence-corrected chi connectivity index (χ2v) is 12.7. The first-order valence-electron chi connectivity index (χ1n) is 17.4. The summed E-state index contributed by atoms with van der Waals surface area (Å²) in [6, 6.07) is 0. The lowest BCUT2D eigenvalue weighted by atomic mass is 9.61. The Balaban J connectivity index is 2.64. The molecule has 4 radical (unpaired) electrons. The predicted octanol–water partition coefficient (Wildman–Crippen LogP) is 10.8. The zero-order valence-corrected chi connectivity index (χ0v) is 25.6. The van der Waals surface area contributed by atoms with E-state index in [2.05, 4.69) is 0 Å². The van der Waals surface area contributed by atoms with Crippen LogP contribution in [0, 0.1) is 37.5 Å². The Morgan fingerprint density at radius 1 is 0.368 bits per heavy atom. The molecule has 38 heavy (non-hydrogen) atoms. The highest BCUT2D eigenvalue weighted by Crippen LogP contribution is 2.47. The summed E-state index contributed by atoms with van der Waals surface area (Å²) in [5, 5.41) is 18.0. The van der Waals surface area contributed by atoms with Crippen molar-refractivity contribution in [1.82, 2.24) is 0 Å². The smallest absolute Gasteiger partial charge is 0.0431 e. The van der Waals surface area contributed by atoms with Gasteiger partial charge in [-0.3, -0.25) is 0 Å². The van der Waals surface area contributed by atoms with Crippen LogP contribution >= 0.6 is 0 Å². The molecule has 0 spiro atoms. The van der Waals surface area contributed by atoms with Gasteiger partial charge in [-0.2, -0.15) is 0 Å². The Labute approximate surface area is 240 Å². The summed E-state index contributed by atoms with van der Waals surface area (Å²) in [5.41, 5.74) is 0. The molecular weight excluding hydrogens is 464 g/mol. The van der Waals surface area contributed by atoms with Gasteiger partial charge in [0, 0.05) is 13.2 Å². The maximum Gasteiger partial charge on any atom is 0.0431 e. The zero-order chi connectivity index (χ0) is 27.5. The van der Waals surface area contributed by atoms with Crippen LogP contribution in [0.3, 0.4) is 0 Å². The van der Waals surface area contributed by atoms with Gasteiger partial charge >= 0.3 is 0 Å². The van der Waals surface area contributed by atoms with Crippen molar-refractivity contribution in [2.45, 2.75) is 180 Å². The van der Waals surface area contributed by atoms with E-state index in [-0.39, 0.29) is 0 Å². The molecule has 0 aliphatic heterocycles. The van der Waals surface area contributed by atoms with Crippen LogP contribution in [0.4, 0.5) is 0 Å². The fourth-order valence-corrected chi connectivity index (χ4v) is 7.38. The molecule has 1 saturated carbocycles.